The van der Waals surface area contributed by atoms with Crippen LogP contribution in [0.5, 0.6) is 11.5 Å². The molecule has 1 aliphatic heterocycles. The van der Waals surface area contributed by atoms with Gasteiger partial charge < -0.3 is 20.1 Å². The van der Waals surface area contributed by atoms with Crippen molar-refractivity contribution in [2.75, 3.05) is 51.0 Å². The van der Waals surface area contributed by atoms with E-state index in [1.807, 2.05) is 60.7 Å². The highest BCUT2D eigenvalue weighted by Gasteiger charge is 2.24. The lowest BCUT2D eigenvalue weighted by molar-refractivity contribution is 0.248. The third-order valence-electron chi connectivity index (χ3n) is 7.21. The molecule has 0 bridgehead atoms. The number of nitrogen functional groups attached to an aromatic ring is 1. The van der Waals surface area contributed by atoms with Crippen molar-refractivity contribution < 1.29 is 13.9 Å². The summed E-state index contributed by atoms with van der Waals surface area (Å²) in [5, 5.41) is 5.49. The molecule has 1 fully saturated rings. The third-order valence-corrected chi connectivity index (χ3v) is 7.21. The summed E-state index contributed by atoms with van der Waals surface area (Å²) in [6, 6.07) is 22.0. The van der Waals surface area contributed by atoms with Gasteiger partial charge in [0.15, 0.2) is 5.65 Å². The number of methoxy groups -OCH3 is 2. The van der Waals surface area contributed by atoms with Crippen LogP contribution in [-0.4, -0.2) is 65.0 Å². The van der Waals surface area contributed by atoms with Crippen LogP contribution in [0.3, 0.4) is 0 Å². The van der Waals surface area contributed by atoms with E-state index in [-0.39, 0.29) is 5.82 Å². The maximum Gasteiger partial charge on any atom is 0.228 e. The summed E-state index contributed by atoms with van der Waals surface area (Å²) in [5.74, 6) is 2.36. The van der Waals surface area contributed by atoms with E-state index in [2.05, 4.69) is 9.80 Å². The van der Waals surface area contributed by atoms with Gasteiger partial charge in [-0.1, -0.05) is 12.1 Å². The lowest BCUT2D eigenvalue weighted by Crippen LogP contribution is -2.46. The number of ether oxygens (including phenoxy) is 2. The van der Waals surface area contributed by atoms with Crippen molar-refractivity contribution in [3.05, 3.63) is 84.2 Å². The first-order chi connectivity index (χ1) is 19.5. The van der Waals surface area contributed by atoms with E-state index in [4.69, 9.17) is 30.3 Å². The summed E-state index contributed by atoms with van der Waals surface area (Å²) in [4.78, 5) is 14.4. The molecule has 0 atom stereocenters. The zero-order valence-corrected chi connectivity index (χ0v) is 22.4. The van der Waals surface area contributed by atoms with E-state index in [1.165, 1.54) is 12.1 Å². The van der Waals surface area contributed by atoms with Crippen molar-refractivity contribution in [1.82, 2.24) is 24.6 Å². The Labute approximate surface area is 231 Å². The van der Waals surface area contributed by atoms with Gasteiger partial charge in [0.2, 0.25) is 5.95 Å². The highest BCUT2D eigenvalue weighted by molar-refractivity contribution is 5.99. The highest BCUT2D eigenvalue weighted by atomic mass is 19.1. The van der Waals surface area contributed by atoms with Gasteiger partial charge in [-0.15, -0.1) is 5.10 Å². The first-order valence-electron chi connectivity index (χ1n) is 13.1. The Morgan fingerprint density at radius 3 is 2.05 bits per heavy atom. The average Bonchev–Trinajstić information content (AvgIpc) is 3.34. The fraction of sp³-hybridized carbons (Fsp3) is 0.233. The van der Waals surface area contributed by atoms with Crippen LogP contribution in [0, 0.1) is 5.82 Å². The third kappa shape index (κ3) is 5.01. The number of hydrogen-bond donors (Lipinski definition) is 1. The second kappa shape index (κ2) is 10.8. The largest absolute Gasteiger partial charge is 0.497 e. The molecule has 1 saturated heterocycles. The predicted octanol–water partition coefficient (Wildman–Crippen LogP) is 4.54. The van der Waals surface area contributed by atoms with Gasteiger partial charge in [-0.05, 0) is 66.2 Å². The fourth-order valence-corrected chi connectivity index (χ4v) is 4.97. The van der Waals surface area contributed by atoms with Gasteiger partial charge >= 0.3 is 0 Å². The van der Waals surface area contributed by atoms with E-state index < -0.39 is 0 Å². The van der Waals surface area contributed by atoms with E-state index in [1.54, 1.807) is 18.9 Å². The Hall–Kier alpha value is -4.70. The SMILES string of the molecule is COc1ccc(-c2nc(N3CCN(Cc4ccc(F)cc4)CC3)nc3nn(-c4ccc(OC)cc4)c(N)c23)cc1. The first-order valence-corrected chi connectivity index (χ1v) is 13.1. The molecule has 0 amide bonds. The van der Waals surface area contributed by atoms with Crippen molar-refractivity contribution in [3.8, 4) is 28.4 Å². The molecule has 204 valence electrons. The molecule has 1 aliphatic rings. The monoisotopic (exact) mass is 539 g/mol. The molecule has 0 radical (unpaired) electrons. The van der Waals surface area contributed by atoms with Crippen LogP contribution in [0.1, 0.15) is 5.56 Å². The number of piperazine rings is 1. The summed E-state index contributed by atoms with van der Waals surface area (Å²) in [5.41, 5.74) is 10.7. The Morgan fingerprint density at radius 1 is 0.800 bits per heavy atom. The first kappa shape index (κ1) is 25.6. The van der Waals surface area contributed by atoms with Crippen LogP contribution >= 0.6 is 0 Å². The average molecular weight is 540 g/mol. The van der Waals surface area contributed by atoms with Crippen LogP contribution in [0.15, 0.2) is 72.8 Å². The normalized spacial score (nSPS) is 14.0. The minimum Gasteiger partial charge on any atom is -0.497 e. The summed E-state index contributed by atoms with van der Waals surface area (Å²) in [7, 11) is 3.27. The van der Waals surface area contributed by atoms with E-state index in [0.29, 0.717) is 28.5 Å². The maximum atomic E-state index is 13.3. The highest BCUT2D eigenvalue weighted by Crippen LogP contribution is 2.34. The number of nitrogens with zero attached hydrogens (tertiary/aromatic N) is 6. The number of nitrogens with two attached hydrogens (primary N) is 1. The second-order valence-electron chi connectivity index (χ2n) is 9.68. The zero-order chi connectivity index (χ0) is 27.6. The van der Waals surface area contributed by atoms with Crippen molar-refractivity contribution >= 4 is 22.8 Å². The Kier molecular flexibility index (Phi) is 6.91. The predicted molar refractivity (Wildman–Crippen MR) is 154 cm³/mol. The molecule has 0 unspecified atom stereocenters. The number of fused-ring (bicyclic) bond motifs is 1. The van der Waals surface area contributed by atoms with Gasteiger partial charge in [-0.2, -0.15) is 4.98 Å². The molecule has 6 rings (SSSR count). The van der Waals surface area contributed by atoms with Crippen LogP contribution < -0.4 is 20.1 Å². The van der Waals surface area contributed by atoms with Crippen molar-refractivity contribution in [3.63, 3.8) is 0 Å². The maximum absolute atomic E-state index is 13.3. The van der Waals surface area contributed by atoms with Gasteiger partial charge in [0, 0.05) is 38.3 Å². The summed E-state index contributed by atoms with van der Waals surface area (Å²) in [6.07, 6.45) is 0. The van der Waals surface area contributed by atoms with Gasteiger partial charge in [-0.25, -0.2) is 14.1 Å². The fourth-order valence-electron chi connectivity index (χ4n) is 4.97. The minimum atomic E-state index is -0.219. The number of hydrogen-bond acceptors (Lipinski definition) is 8. The number of anilines is 2. The van der Waals surface area contributed by atoms with Gasteiger partial charge in [-0.3, -0.25) is 4.90 Å². The molecular formula is C30H30FN7O2. The molecule has 3 aromatic carbocycles. The number of benzene rings is 3. The summed E-state index contributed by atoms with van der Waals surface area (Å²) < 4.78 is 25.7. The van der Waals surface area contributed by atoms with E-state index >= 15 is 0 Å². The molecule has 0 aliphatic carbocycles. The molecule has 3 heterocycles. The van der Waals surface area contributed by atoms with Gasteiger partial charge in [0.25, 0.3) is 0 Å². The topological polar surface area (TPSA) is 94.6 Å². The van der Waals surface area contributed by atoms with Crippen molar-refractivity contribution in [2.24, 2.45) is 0 Å². The minimum absolute atomic E-state index is 0.219. The molecule has 0 saturated carbocycles. The lowest BCUT2D eigenvalue weighted by Gasteiger charge is -2.34. The molecule has 2 aromatic heterocycles. The second-order valence-corrected chi connectivity index (χ2v) is 9.68. The van der Waals surface area contributed by atoms with Crippen LogP contribution in [0.2, 0.25) is 0 Å². The van der Waals surface area contributed by atoms with E-state index in [9.17, 15) is 4.39 Å². The molecule has 2 N–H and O–H groups in total. The number of halogens is 1. The van der Waals surface area contributed by atoms with Crippen LogP contribution in [-0.2, 0) is 6.54 Å². The standard InChI is InChI=1S/C30H30FN7O2/c1-39-24-11-5-21(6-12-24)27-26-28(32)38(23-9-13-25(40-2)14-10-23)35-29(26)34-30(33-27)37-17-15-36(16-18-37)19-20-3-7-22(31)8-4-20/h3-14H,15-19,32H2,1-2H3. The molecule has 40 heavy (non-hydrogen) atoms. The van der Waals surface area contributed by atoms with Crippen molar-refractivity contribution in [2.45, 2.75) is 6.54 Å². The molecular weight excluding hydrogens is 509 g/mol. The Bertz CT molecular complexity index is 1610. The van der Waals surface area contributed by atoms with E-state index in [0.717, 1.165) is 61.0 Å². The quantitative estimate of drug-likeness (QED) is 0.322. The van der Waals surface area contributed by atoms with Gasteiger partial charge in [0.1, 0.15) is 23.1 Å². The van der Waals surface area contributed by atoms with Crippen molar-refractivity contribution in [1.29, 1.82) is 0 Å². The smallest absolute Gasteiger partial charge is 0.228 e. The van der Waals surface area contributed by atoms with Crippen LogP contribution in [0.4, 0.5) is 16.2 Å². The molecule has 9 nitrogen and oxygen atoms in total. The molecule has 5 aromatic rings. The molecule has 0 spiro atoms. The zero-order valence-electron chi connectivity index (χ0n) is 22.4. The number of rotatable bonds is 7. The Balaban J connectivity index is 1.34. The molecule has 10 heteroatoms. The number of aromatic nitrogens is 4. The summed E-state index contributed by atoms with van der Waals surface area (Å²) >= 11 is 0. The van der Waals surface area contributed by atoms with Crippen LogP contribution in [0.25, 0.3) is 28.0 Å². The summed E-state index contributed by atoms with van der Waals surface area (Å²) in [6.45, 7) is 3.94. The van der Waals surface area contributed by atoms with Gasteiger partial charge in [0.05, 0.1) is 31.0 Å². The lowest BCUT2D eigenvalue weighted by atomic mass is 10.1. The Morgan fingerprint density at radius 2 is 1.43 bits per heavy atom.